The zero-order valence-electron chi connectivity index (χ0n) is 15.9. The van der Waals surface area contributed by atoms with Crippen LogP contribution in [0.2, 0.25) is 0 Å². The van der Waals surface area contributed by atoms with Crippen LogP contribution < -0.4 is 0 Å². The number of rotatable bonds is 7. The highest BCUT2D eigenvalue weighted by molar-refractivity contribution is 5.72. The van der Waals surface area contributed by atoms with Crippen molar-refractivity contribution in [3.63, 3.8) is 0 Å². The Hall–Kier alpha value is -0.610. The first kappa shape index (κ1) is 18.7. The van der Waals surface area contributed by atoms with E-state index in [0.29, 0.717) is 18.6 Å². The van der Waals surface area contributed by atoms with Gasteiger partial charge in [-0.25, -0.2) is 0 Å². The monoisotopic (exact) mass is 325 g/mol. The normalized spacial score (nSPS) is 28.3. The zero-order chi connectivity index (χ0) is 17.3. The van der Waals surface area contributed by atoms with Gasteiger partial charge in [0.1, 0.15) is 0 Å². The third-order valence-electron chi connectivity index (χ3n) is 5.77. The van der Waals surface area contributed by atoms with Gasteiger partial charge in [0.25, 0.3) is 0 Å². The van der Waals surface area contributed by atoms with Crippen LogP contribution in [0.1, 0.15) is 66.7 Å². The number of carbonyl (C=O) groups is 1. The third kappa shape index (κ3) is 4.93. The Morgan fingerprint density at radius 3 is 2.30 bits per heavy atom. The lowest BCUT2D eigenvalue weighted by molar-refractivity contribution is -0.153. The van der Waals surface area contributed by atoms with Crippen molar-refractivity contribution in [2.45, 2.75) is 83.9 Å². The van der Waals surface area contributed by atoms with E-state index in [9.17, 15) is 4.79 Å². The molecule has 2 saturated heterocycles. The molecule has 0 aromatic carbocycles. The van der Waals surface area contributed by atoms with Crippen LogP contribution in [0, 0.1) is 11.8 Å². The summed E-state index contributed by atoms with van der Waals surface area (Å²) in [5.41, 5.74) is 0.285. The first-order valence-corrected chi connectivity index (χ1v) is 9.18. The summed E-state index contributed by atoms with van der Waals surface area (Å²) >= 11 is 0. The molecule has 4 heteroatoms. The van der Waals surface area contributed by atoms with Gasteiger partial charge >= 0.3 is 5.97 Å². The molecule has 23 heavy (non-hydrogen) atoms. The maximum atomic E-state index is 12.4. The lowest BCUT2D eigenvalue weighted by atomic mass is 9.74. The molecule has 2 rings (SSSR count). The number of likely N-dealkylation sites (tertiary alicyclic amines) is 1. The van der Waals surface area contributed by atoms with Crippen molar-refractivity contribution in [2.24, 2.45) is 11.8 Å². The number of epoxide rings is 1. The molecular weight excluding hydrogens is 290 g/mol. The van der Waals surface area contributed by atoms with Gasteiger partial charge in [0, 0.05) is 11.1 Å². The van der Waals surface area contributed by atoms with Crippen LogP contribution in [0.25, 0.3) is 0 Å². The number of piperidine rings is 1. The maximum absolute atomic E-state index is 12.4. The van der Waals surface area contributed by atoms with Crippen LogP contribution >= 0.6 is 0 Å². The van der Waals surface area contributed by atoms with Gasteiger partial charge in [-0.05, 0) is 66.3 Å². The van der Waals surface area contributed by atoms with E-state index in [1.165, 1.54) is 0 Å². The third-order valence-corrected chi connectivity index (χ3v) is 5.77. The standard InChI is InChI=1S/C19H35NO3/c1-7-8-15(9-16-13-22-16)17(21)23-12-14-10-18(2,3)20(6)19(4,5)11-14/h14-16H,7-13H2,1-6H3. The Bertz CT molecular complexity index is 397. The molecule has 2 aliphatic heterocycles. The summed E-state index contributed by atoms with van der Waals surface area (Å²) in [7, 11) is 2.20. The lowest BCUT2D eigenvalue weighted by Gasteiger charge is -2.53. The highest BCUT2D eigenvalue weighted by Gasteiger charge is 2.43. The van der Waals surface area contributed by atoms with Crippen molar-refractivity contribution in [3.05, 3.63) is 0 Å². The number of hydrogen-bond acceptors (Lipinski definition) is 4. The first-order valence-electron chi connectivity index (χ1n) is 9.18. The Morgan fingerprint density at radius 1 is 1.26 bits per heavy atom. The summed E-state index contributed by atoms with van der Waals surface area (Å²) in [6.07, 6.45) is 5.19. The lowest BCUT2D eigenvalue weighted by Crippen LogP contribution is -2.59. The van der Waals surface area contributed by atoms with Gasteiger partial charge in [-0.2, -0.15) is 0 Å². The van der Waals surface area contributed by atoms with E-state index in [-0.39, 0.29) is 23.0 Å². The number of esters is 1. The topological polar surface area (TPSA) is 42.1 Å². The van der Waals surface area contributed by atoms with E-state index in [4.69, 9.17) is 9.47 Å². The van der Waals surface area contributed by atoms with Crippen LogP contribution in [-0.2, 0) is 14.3 Å². The zero-order valence-corrected chi connectivity index (χ0v) is 15.9. The summed E-state index contributed by atoms with van der Waals surface area (Å²) in [6, 6.07) is 0. The minimum Gasteiger partial charge on any atom is -0.465 e. The molecule has 0 amide bonds. The van der Waals surface area contributed by atoms with E-state index < -0.39 is 0 Å². The van der Waals surface area contributed by atoms with E-state index in [1.807, 2.05) is 0 Å². The minimum atomic E-state index is -0.0168. The molecule has 2 fully saturated rings. The number of ether oxygens (including phenoxy) is 2. The highest BCUT2D eigenvalue weighted by atomic mass is 16.6. The molecule has 0 spiro atoms. The molecule has 2 atom stereocenters. The van der Waals surface area contributed by atoms with Gasteiger partial charge in [-0.3, -0.25) is 9.69 Å². The Morgan fingerprint density at radius 2 is 1.83 bits per heavy atom. The van der Waals surface area contributed by atoms with Gasteiger partial charge in [-0.1, -0.05) is 13.3 Å². The number of nitrogens with zero attached hydrogens (tertiary/aromatic N) is 1. The molecule has 0 aromatic heterocycles. The second-order valence-corrected chi connectivity index (χ2v) is 8.76. The second kappa shape index (κ2) is 7.10. The number of carbonyl (C=O) groups excluding carboxylic acids is 1. The van der Waals surface area contributed by atoms with E-state index in [1.54, 1.807) is 0 Å². The van der Waals surface area contributed by atoms with Gasteiger partial charge < -0.3 is 9.47 Å². The molecular formula is C19H35NO3. The van der Waals surface area contributed by atoms with Crippen LogP contribution in [0.15, 0.2) is 0 Å². The Labute approximate surface area is 141 Å². The van der Waals surface area contributed by atoms with Gasteiger partial charge in [0.2, 0.25) is 0 Å². The number of hydrogen-bond donors (Lipinski definition) is 0. The summed E-state index contributed by atoms with van der Waals surface area (Å²) in [4.78, 5) is 14.9. The van der Waals surface area contributed by atoms with E-state index in [2.05, 4.69) is 46.6 Å². The molecule has 2 unspecified atom stereocenters. The van der Waals surface area contributed by atoms with Crippen molar-refractivity contribution in [2.75, 3.05) is 20.3 Å². The molecule has 0 N–H and O–H groups in total. The second-order valence-electron chi connectivity index (χ2n) is 8.76. The van der Waals surface area contributed by atoms with Crippen molar-refractivity contribution in [1.82, 2.24) is 4.90 Å². The quantitative estimate of drug-likeness (QED) is 0.529. The molecule has 2 heterocycles. The largest absolute Gasteiger partial charge is 0.465 e. The van der Waals surface area contributed by atoms with Gasteiger partial charge in [0.05, 0.1) is 25.2 Å². The molecule has 134 valence electrons. The summed E-state index contributed by atoms with van der Waals surface area (Å²) in [5, 5.41) is 0. The average Bonchev–Trinajstić information content (AvgIpc) is 3.25. The van der Waals surface area contributed by atoms with E-state index in [0.717, 1.165) is 38.7 Å². The SMILES string of the molecule is CCCC(CC1CO1)C(=O)OCC1CC(C)(C)N(C)C(C)(C)C1. The van der Waals surface area contributed by atoms with E-state index >= 15 is 0 Å². The fourth-order valence-electron chi connectivity index (χ4n) is 4.22. The van der Waals surface area contributed by atoms with Crippen LogP contribution in [-0.4, -0.2) is 48.3 Å². The predicted molar refractivity (Wildman–Crippen MR) is 92.4 cm³/mol. The van der Waals surface area contributed by atoms with Crippen molar-refractivity contribution < 1.29 is 14.3 Å². The maximum Gasteiger partial charge on any atom is 0.309 e. The van der Waals surface area contributed by atoms with Crippen molar-refractivity contribution >= 4 is 5.97 Å². The summed E-state index contributed by atoms with van der Waals surface area (Å²) in [5.74, 6) is 0.441. The van der Waals surface area contributed by atoms with Crippen molar-refractivity contribution in [1.29, 1.82) is 0 Å². The van der Waals surface area contributed by atoms with Crippen LogP contribution in [0.3, 0.4) is 0 Å². The van der Waals surface area contributed by atoms with Crippen molar-refractivity contribution in [3.8, 4) is 0 Å². The molecule has 4 nitrogen and oxygen atoms in total. The van der Waals surface area contributed by atoms with Gasteiger partial charge in [-0.15, -0.1) is 0 Å². The molecule has 0 aromatic rings. The fraction of sp³-hybridized carbons (Fsp3) is 0.947. The first-order chi connectivity index (χ1) is 10.7. The minimum absolute atomic E-state index is 0.0137. The molecule has 0 saturated carbocycles. The molecule has 0 radical (unpaired) electrons. The summed E-state index contributed by atoms with van der Waals surface area (Å²) < 4.78 is 11.0. The summed E-state index contributed by atoms with van der Waals surface area (Å²) in [6.45, 7) is 12.6. The Kier molecular flexibility index (Phi) is 5.78. The van der Waals surface area contributed by atoms with Gasteiger partial charge in [0.15, 0.2) is 0 Å². The average molecular weight is 325 g/mol. The Balaban J connectivity index is 1.87. The molecule has 0 bridgehead atoms. The molecule has 2 aliphatic rings. The van der Waals surface area contributed by atoms with Crippen LogP contribution in [0.5, 0.6) is 0 Å². The fourth-order valence-corrected chi connectivity index (χ4v) is 4.22. The molecule has 0 aliphatic carbocycles. The predicted octanol–water partition coefficient (Wildman–Crippen LogP) is 3.63. The highest BCUT2D eigenvalue weighted by Crippen LogP contribution is 2.40. The van der Waals surface area contributed by atoms with Crippen LogP contribution in [0.4, 0.5) is 0 Å². The smallest absolute Gasteiger partial charge is 0.309 e.